The van der Waals surface area contributed by atoms with E-state index in [9.17, 15) is 4.79 Å². The number of carbonyl (C=O) groups excluding carboxylic acids is 1. The quantitative estimate of drug-likeness (QED) is 0.681. The normalized spacial score (nSPS) is 25.9. The lowest BCUT2D eigenvalue weighted by atomic mass is 9.99. The fraction of sp³-hybridized carbons (Fsp3) is 0.917. The summed E-state index contributed by atoms with van der Waals surface area (Å²) in [5.74, 6) is 0.894. The highest BCUT2D eigenvalue weighted by Crippen LogP contribution is 2.18. The van der Waals surface area contributed by atoms with Gasteiger partial charge in [0.05, 0.1) is 5.54 Å². The summed E-state index contributed by atoms with van der Waals surface area (Å²) < 4.78 is 0. The molecule has 1 amide bonds. The first kappa shape index (κ1) is 12.5. The zero-order valence-electron chi connectivity index (χ0n) is 10.2. The van der Waals surface area contributed by atoms with E-state index >= 15 is 0 Å². The highest BCUT2D eigenvalue weighted by Gasteiger charge is 2.35. The van der Waals surface area contributed by atoms with Crippen LogP contribution in [0.15, 0.2) is 0 Å². The van der Waals surface area contributed by atoms with Gasteiger partial charge in [0.1, 0.15) is 0 Å². The van der Waals surface area contributed by atoms with Gasteiger partial charge in [0.15, 0.2) is 0 Å². The third-order valence-corrected chi connectivity index (χ3v) is 3.11. The average Bonchev–Trinajstić information content (AvgIpc) is 2.60. The molecule has 1 rings (SSSR count). The van der Waals surface area contributed by atoms with Gasteiger partial charge in [-0.2, -0.15) is 0 Å². The van der Waals surface area contributed by atoms with E-state index in [-0.39, 0.29) is 11.4 Å². The van der Waals surface area contributed by atoms with Crippen LogP contribution in [0.3, 0.4) is 0 Å². The van der Waals surface area contributed by atoms with Crippen molar-refractivity contribution in [1.29, 1.82) is 0 Å². The lowest BCUT2D eigenvalue weighted by Gasteiger charge is -2.23. The van der Waals surface area contributed by atoms with Crippen LogP contribution >= 0.6 is 0 Å². The Hall–Kier alpha value is -0.570. The number of rotatable bonds is 5. The van der Waals surface area contributed by atoms with E-state index in [0.717, 1.165) is 38.3 Å². The van der Waals surface area contributed by atoms with Crippen LogP contribution in [0.2, 0.25) is 0 Å². The van der Waals surface area contributed by atoms with Crippen LogP contribution in [0.1, 0.15) is 46.5 Å². The van der Waals surface area contributed by atoms with Crippen molar-refractivity contribution >= 4 is 5.91 Å². The molecule has 1 aliphatic rings. The van der Waals surface area contributed by atoms with Crippen LogP contribution < -0.4 is 10.6 Å². The van der Waals surface area contributed by atoms with E-state index in [4.69, 9.17) is 0 Å². The molecule has 0 spiro atoms. The monoisotopic (exact) mass is 212 g/mol. The summed E-state index contributed by atoms with van der Waals surface area (Å²) in [6.07, 6.45) is 4.34. The molecule has 1 unspecified atom stereocenters. The van der Waals surface area contributed by atoms with Crippen LogP contribution in [0, 0.1) is 5.92 Å². The van der Waals surface area contributed by atoms with Crippen molar-refractivity contribution < 1.29 is 4.79 Å². The largest absolute Gasteiger partial charge is 0.355 e. The van der Waals surface area contributed by atoms with Gasteiger partial charge in [-0.25, -0.2) is 0 Å². The fourth-order valence-corrected chi connectivity index (χ4v) is 2.00. The van der Waals surface area contributed by atoms with Gasteiger partial charge in [0.2, 0.25) is 5.91 Å². The summed E-state index contributed by atoms with van der Waals surface area (Å²) >= 11 is 0. The van der Waals surface area contributed by atoms with E-state index in [1.165, 1.54) is 6.42 Å². The second-order valence-electron chi connectivity index (χ2n) is 5.15. The van der Waals surface area contributed by atoms with Crippen LogP contribution in [-0.4, -0.2) is 24.5 Å². The second kappa shape index (κ2) is 5.50. The Labute approximate surface area is 93.0 Å². The highest BCUT2D eigenvalue weighted by atomic mass is 16.2. The Balaban J connectivity index is 2.18. The molecule has 0 aromatic heterocycles. The molecule has 0 bridgehead atoms. The predicted molar refractivity (Wildman–Crippen MR) is 62.7 cm³/mol. The van der Waals surface area contributed by atoms with E-state index in [0.29, 0.717) is 0 Å². The summed E-state index contributed by atoms with van der Waals surface area (Å²) in [5, 5.41) is 6.29. The molecule has 1 fully saturated rings. The smallest absolute Gasteiger partial charge is 0.240 e. The third kappa shape index (κ3) is 3.82. The Morgan fingerprint density at radius 2 is 2.27 bits per heavy atom. The Morgan fingerprint density at radius 3 is 2.80 bits per heavy atom. The molecule has 3 heteroatoms. The lowest BCUT2D eigenvalue weighted by Crippen LogP contribution is -2.51. The molecule has 0 aromatic carbocycles. The van der Waals surface area contributed by atoms with Gasteiger partial charge >= 0.3 is 0 Å². The Bertz CT molecular complexity index is 208. The van der Waals surface area contributed by atoms with Crippen molar-refractivity contribution in [1.82, 2.24) is 10.6 Å². The molecule has 0 saturated carbocycles. The van der Waals surface area contributed by atoms with Crippen molar-refractivity contribution in [3.8, 4) is 0 Å². The predicted octanol–water partition coefficient (Wildman–Crippen LogP) is 1.68. The summed E-state index contributed by atoms with van der Waals surface area (Å²) in [6, 6.07) is 0. The summed E-state index contributed by atoms with van der Waals surface area (Å²) in [5.41, 5.74) is -0.308. The molecule has 1 aliphatic heterocycles. The number of amides is 1. The molecular formula is C12H24N2O. The molecule has 1 saturated heterocycles. The van der Waals surface area contributed by atoms with Crippen LogP contribution in [-0.2, 0) is 4.79 Å². The molecule has 1 heterocycles. The molecule has 0 aromatic rings. The van der Waals surface area contributed by atoms with Gasteiger partial charge in [-0.15, -0.1) is 0 Å². The van der Waals surface area contributed by atoms with Gasteiger partial charge in [0.25, 0.3) is 0 Å². The molecular weight excluding hydrogens is 188 g/mol. The van der Waals surface area contributed by atoms with Gasteiger partial charge in [-0.05, 0) is 45.1 Å². The van der Waals surface area contributed by atoms with Crippen LogP contribution in [0.4, 0.5) is 0 Å². The van der Waals surface area contributed by atoms with Crippen LogP contribution in [0.5, 0.6) is 0 Å². The van der Waals surface area contributed by atoms with Crippen molar-refractivity contribution in [3.05, 3.63) is 0 Å². The summed E-state index contributed by atoms with van der Waals surface area (Å²) in [6.45, 7) is 8.20. The fourth-order valence-electron chi connectivity index (χ4n) is 2.00. The van der Waals surface area contributed by atoms with Gasteiger partial charge < -0.3 is 10.6 Å². The molecule has 0 aliphatic carbocycles. The molecule has 15 heavy (non-hydrogen) atoms. The first-order chi connectivity index (χ1) is 7.04. The van der Waals surface area contributed by atoms with Crippen molar-refractivity contribution in [2.45, 2.75) is 52.0 Å². The summed E-state index contributed by atoms with van der Waals surface area (Å²) in [7, 11) is 0. The van der Waals surface area contributed by atoms with E-state index in [1.54, 1.807) is 0 Å². The van der Waals surface area contributed by atoms with Gasteiger partial charge in [-0.1, -0.05) is 13.8 Å². The summed E-state index contributed by atoms with van der Waals surface area (Å²) in [4.78, 5) is 11.8. The number of hydrogen-bond acceptors (Lipinski definition) is 2. The number of nitrogens with one attached hydrogen (secondary N) is 2. The topological polar surface area (TPSA) is 41.1 Å². The minimum absolute atomic E-state index is 0.170. The first-order valence-corrected chi connectivity index (χ1v) is 6.08. The molecule has 1 atom stereocenters. The minimum Gasteiger partial charge on any atom is -0.355 e. The standard InChI is InChI=1S/C12H24N2O/c1-10(2)6-4-8-13-11(15)12(3)7-5-9-14-12/h10,14H,4-9H2,1-3H3,(H,13,15). The maximum absolute atomic E-state index is 11.8. The minimum atomic E-state index is -0.308. The molecule has 2 N–H and O–H groups in total. The molecule has 88 valence electrons. The zero-order valence-corrected chi connectivity index (χ0v) is 10.2. The Morgan fingerprint density at radius 1 is 1.53 bits per heavy atom. The average molecular weight is 212 g/mol. The maximum Gasteiger partial charge on any atom is 0.240 e. The Kier molecular flexibility index (Phi) is 4.58. The van der Waals surface area contributed by atoms with E-state index in [1.807, 2.05) is 6.92 Å². The van der Waals surface area contributed by atoms with E-state index in [2.05, 4.69) is 24.5 Å². The third-order valence-electron chi connectivity index (χ3n) is 3.11. The van der Waals surface area contributed by atoms with Crippen molar-refractivity contribution in [2.24, 2.45) is 5.92 Å². The number of carbonyl (C=O) groups is 1. The van der Waals surface area contributed by atoms with Crippen molar-refractivity contribution in [2.75, 3.05) is 13.1 Å². The van der Waals surface area contributed by atoms with Crippen molar-refractivity contribution in [3.63, 3.8) is 0 Å². The molecule has 3 nitrogen and oxygen atoms in total. The number of hydrogen-bond donors (Lipinski definition) is 2. The van der Waals surface area contributed by atoms with Gasteiger partial charge in [0, 0.05) is 6.54 Å². The maximum atomic E-state index is 11.8. The zero-order chi connectivity index (χ0) is 11.3. The highest BCUT2D eigenvalue weighted by molar-refractivity contribution is 5.86. The second-order valence-corrected chi connectivity index (χ2v) is 5.15. The van der Waals surface area contributed by atoms with Crippen LogP contribution in [0.25, 0.3) is 0 Å². The van der Waals surface area contributed by atoms with E-state index < -0.39 is 0 Å². The SMILES string of the molecule is CC(C)CCCNC(=O)C1(C)CCCN1. The lowest BCUT2D eigenvalue weighted by molar-refractivity contribution is -0.126. The van der Waals surface area contributed by atoms with Gasteiger partial charge in [-0.3, -0.25) is 4.79 Å². The first-order valence-electron chi connectivity index (χ1n) is 6.08. The molecule has 0 radical (unpaired) electrons.